The fourth-order valence-corrected chi connectivity index (χ4v) is 3.41. The van der Waals surface area contributed by atoms with Gasteiger partial charge in [-0.15, -0.1) is 10.2 Å². The summed E-state index contributed by atoms with van der Waals surface area (Å²) in [5.74, 6) is 1.89. The van der Waals surface area contributed by atoms with Crippen LogP contribution >= 0.6 is 0 Å². The standard InChI is InChI=1S/C17H24N4O/c1-14-18-19-16(20(14)2)12-21-10-6-9-17(21,13-22)11-15-7-4-3-5-8-15/h3-5,7-8,22H,6,9-13H2,1-2H3/t17-/m0/s1. The van der Waals surface area contributed by atoms with Crippen LogP contribution in [0.5, 0.6) is 0 Å². The SMILES string of the molecule is Cc1nnc(CN2CCC[C@@]2(CO)Cc2ccccc2)n1C. The number of aliphatic hydroxyl groups excluding tert-OH is 1. The lowest BCUT2D eigenvalue weighted by Crippen LogP contribution is -2.48. The monoisotopic (exact) mass is 300 g/mol. The summed E-state index contributed by atoms with van der Waals surface area (Å²) >= 11 is 0. The predicted molar refractivity (Wildman–Crippen MR) is 85.3 cm³/mol. The average molecular weight is 300 g/mol. The van der Waals surface area contributed by atoms with Gasteiger partial charge in [-0.3, -0.25) is 4.90 Å². The highest BCUT2D eigenvalue weighted by molar-refractivity contribution is 5.19. The van der Waals surface area contributed by atoms with Gasteiger partial charge in [0.05, 0.1) is 13.2 Å². The first-order valence-electron chi connectivity index (χ1n) is 7.89. The molecular weight excluding hydrogens is 276 g/mol. The smallest absolute Gasteiger partial charge is 0.146 e. The van der Waals surface area contributed by atoms with E-state index in [4.69, 9.17) is 0 Å². The third-order valence-corrected chi connectivity index (χ3v) is 4.93. The van der Waals surface area contributed by atoms with Gasteiger partial charge in [0.1, 0.15) is 11.6 Å². The lowest BCUT2D eigenvalue weighted by Gasteiger charge is -2.37. The van der Waals surface area contributed by atoms with Gasteiger partial charge < -0.3 is 9.67 Å². The van der Waals surface area contributed by atoms with Gasteiger partial charge in [0, 0.05) is 12.6 Å². The van der Waals surface area contributed by atoms with Gasteiger partial charge in [-0.25, -0.2) is 0 Å². The van der Waals surface area contributed by atoms with Gasteiger partial charge in [-0.05, 0) is 38.3 Å². The van der Waals surface area contributed by atoms with Crippen LogP contribution in [-0.4, -0.2) is 43.5 Å². The molecule has 2 aromatic rings. The summed E-state index contributed by atoms with van der Waals surface area (Å²) in [6.45, 7) is 3.88. The van der Waals surface area contributed by atoms with Gasteiger partial charge in [-0.1, -0.05) is 30.3 Å². The number of hydrogen-bond donors (Lipinski definition) is 1. The Hall–Kier alpha value is -1.72. The highest BCUT2D eigenvalue weighted by Crippen LogP contribution is 2.33. The number of aliphatic hydroxyl groups is 1. The van der Waals surface area contributed by atoms with Crippen molar-refractivity contribution in [2.75, 3.05) is 13.2 Å². The highest BCUT2D eigenvalue weighted by Gasteiger charge is 2.40. The van der Waals surface area contributed by atoms with E-state index in [1.807, 2.05) is 24.6 Å². The lowest BCUT2D eigenvalue weighted by atomic mass is 9.89. The van der Waals surface area contributed by atoms with E-state index in [1.165, 1.54) is 5.56 Å². The van der Waals surface area contributed by atoms with Crippen molar-refractivity contribution in [2.24, 2.45) is 7.05 Å². The largest absolute Gasteiger partial charge is 0.394 e. The fraction of sp³-hybridized carbons (Fsp3) is 0.529. The van der Waals surface area contributed by atoms with Crippen molar-refractivity contribution in [3.8, 4) is 0 Å². The van der Waals surface area contributed by atoms with Crippen molar-refractivity contribution in [2.45, 2.75) is 38.3 Å². The Bertz CT molecular complexity index is 625. The van der Waals surface area contributed by atoms with Gasteiger partial charge >= 0.3 is 0 Å². The molecule has 0 spiro atoms. The summed E-state index contributed by atoms with van der Waals surface area (Å²) in [4.78, 5) is 2.38. The van der Waals surface area contributed by atoms with Crippen molar-refractivity contribution in [1.29, 1.82) is 0 Å². The molecule has 1 aliphatic heterocycles. The summed E-state index contributed by atoms with van der Waals surface area (Å²) in [7, 11) is 2.00. The third kappa shape index (κ3) is 2.78. The topological polar surface area (TPSA) is 54.2 Å². The van der Waals surface area contributed by atoms with Crippen molar-refractivity contribution in [1.82, 2.24) is 19.7 Å². The molecule has 3 rings (SSSR count). The van der Waals surface area contributed by atoms with E-state index in [0.717, 1.165) is 44.0 Å². The number of hydrogen-bond acceptors (Lipinski definition) is 4. The van der Waals surface area contributed by atoms with Crippen LogP contribution in [-0.2, 0) is 20.0 Å². The molecule has 5 nitrogen and oxygen atoms in total. The lowest BCUT2D eigenvalue weighted by molar-refractivity contribution is 0.0556. The molecule has 1 aromatic carbocycles. The second kappa shape index (κ2) is 6.18. The number of likely N-dealkylation sites (tertiary alicyclic amines) is 1. The number of aryl methyl sites for hydroxylation is 1. The van der Waals surface area contributed by atoms with Gasteiger partial charge in [0.25, 0.3) is 0 Å². The normalized spacial score (nSPS) is 22.3. The van der Waals surface area contributed by atoms with Crippen LogP contribution < -0.4 is 0 Å². The molecular formula is C17H24N4O. The molecule has 1 saturated heterocycles. The highest BCUT2D eigenvalue weighted by atomic mass is 16.3. The molecule has 0 aliphatic carbocycles. The molecule has 1 N–H and O–H groups in total. The summed E-state index contributed by atoms with van der Waals surface area (Å²) in [6.07, 6.45) is 3.01. The van der Waals surface area contributed by atoms with Crippen molar-refractivity contribution >= 4 is 0 Å². The first-order valence-corrected chi connectivity index (χ1v) is 7.89. The Balaban J connectivity index is 1.81. The van der Waals surface area contributed by atoms with Gasteiger partial charge in [-0.2, -0.15) is 0 Å². The zero-order valence-corrected chi connectivity index (χ0v) is 13.4. The molecule has 2 heterocycles. The Morgan fingerprint density at radius 2 is 2.00 bits per heavy atom. The number of aromatic nitrogens is 3. The summed E-state index contributed by atoms with van der Waals surface area (Å²) in [6, 6.07) is 10.4. The molecule has 0 radical (unpaired) electrons. The minimum absolute atomic E-state index is 0.179. The zero-order chi connectivity index (χ0) is 15.6. The van der Waals surface area contributed by atoms with Crippen molar-refractivity contribution < 1.29 is 5.11 Å². The zero-order valence-electron chi connectivity index (χ0n) is 13.4. The minimum atomic E-state index is -0.179. The van der Waals surface area contributed by atoms with Crippen molar-refractivity contribution in [3.05, 3.63) is 47.5 Å². The van der Waals surface area contributed by atoms with E-state index in [0.29, 0.717) is 0 Å². The van der Waals surface area contributed by atoms with Crippen LogP contribution in [0, 0.1) is 6.92 Å². The first-order chi connectivity index (χ1) is 10.6. The van der Waals surface area contributed by atoms with Gasteiger partial charge in [0.15, 0.2) is 0 Å². The first kappa shape index (κ1) is 15.2. The van der Waals surface area contributed by atoms with E-state index in [9.17, 15) is 5.11 Å². The van der Waals surface area contributed by atoms with Crippen LogP contribution in [0.1, 0.15) is 30.1 Å². The van der Waals surface area contributed by atoms with E-state index >= 15 is 0 Å². The average Bonchev–Trinajstić information content (AvgIpc) is 3.07. The van der Waals surface area contributed by atoms with Crippen LogP contribution in [0.2, 0.25) is 0 Å². The van der Waals surface area contributed by atoms with Crippen LogP contribution in [0.3, 0.4) is 0 Å². The maximum atomic E-state index is 10.1. The van der Waals surface area contributed by atoms with E-state index < -0.39 is 0 Å². The molecule has 1 atom stereocenters. The molecule has 118 valence electrons. The third-order valence-electron chi connectivity index (χ3n) is 4.93. The summed E-state index contributed by atoms with van der Waals surface area (Å²) in [5.41, 5.74) is 1.10. The van der Waals surface area contributed by atoms with E-state index in [1.54, 1.807) is 0 Å². The molecule has 1 aromatic heterocycles. The minimum Gasteiger partial charge on any atom is -0.394 e. The van der Waals surface area contributed by atoms with Gasteiger partial charge in [0.2, 0.25) is 0 Å². The molecule has 0 saturated carbocycles. The second-order valence-corrected chi connectivity index (χ2v) is 6.29. The number of benzene rings is 1. The molecule has 0 bridgehead atoms. The Labute approximate surface area is 131 Å². The molecule has 5 heteroatoms. The quantitative estimate of drug-likeness (QED) is 0.913. The maximum Gasteiger partial charge on any atom is 0.146 e. The van der Waals surface area contributed by atoms with E-state index in [-0.39, 0.29) is 12.1 Å². The Kier molecular flexibility index (Phi) is 4.27. The predicted octanol–water partition coefficient (Wildman–Crippen LogP) is 1.69. The Morgan fingerprint density at radius 1 is 1.23 bits per heavy atom. The fourth-order valence-electron chi connectivity index (χ4n) is 3.41. The summed E-state index contributed by atoms with van der Waals surface area (Å²) < 4.78 is 2.03. The maximum absolute atomic E-state index is 10.1. The van der Waals surface area contributed by atoms with Crippen LogP contribution in [0.25, 0.3) is 0 Å². The van der Waals surface area contributed by atoms with E-state index in [2.05, 4.69) is 39.4 Å². The molecule has 22 heavy (non-hydrogen) atoms. The van der Waals surface area contributed by atoms with Crippen LogP contribution in [0.15, 0.2) is 30.3 Å². The molecule has 0 unspecified atom stereocenters. The van der Waals surface area contributed by atoms with Crippen LogP contribution in [0.4, 0.5) is 0 Å². The molecule has 0 amide bonds. The molecule has 1 aliphatic rings. The number of nitrogens with zero attached hydrogens (tertiary/aromatic N) is 4. The Morgan fingerprint density at radius 3 is 2.64 bits per heavy atom. The van der Waals surface area contributed by atoms with Crippen molar-refractivity contribution in [3.63, 3.8) is 0 Å². The molecule has 1 fully saturated rings. The second-order valence-electron chi connectivity index (χ2n) is 6.29. The summed E-state index contributed by atoms with van der Waals surface area (Å²) in [5, 5.41) is 18.5. The number of rotatable bonds is 5.